The van der Waals surface area contributed by atoms with Crippen molar-refractivity contribution in [1.82, 2.24) is 0 Å². The molecule has 11 aromatic carbocycles. The third-order valence-corrected chi connectivity index (χ3v) is 10.6. The van der Waals surface area contributed by atoms with Crippen LogP contribution < -0.4 is 0 Å². The summed E-state index contributed by atoms with van der Waals surface area (Å²) in [6.07, 6.45) is 0. The first-order valence-electron chi connectivity index (χ1n) is 16.1. The van der Waals surface area contributed by atoms with Crippen LogP contribution in [0.15, 0.2) is 158 Å². The van der Waals surface area contributed by atoms with Gasteiger partial charge in [-0.05, 0) is 121 Å². The van der Waals surface area contributed by atoms with Crippen molar-refractivity contribution in [3.8, 4) is 22.3 Å². The number of rotatable bonds is 2. The van der Waals surface area contributed by atoms with Gasteiger partial charge in [-0.3, -0.25) is 0 Å². The molecule has 0 aromatic heterocycles. The minimum absolute atomic E-state index is 1.28. The quantitative estimate of drug-likeness (QED) is 0.191. The average Bonchev–Trinajstić information content (AvgIpc) is 3.61. The van der Waals surface area contributed by atoms with Gasteiger partial charge in [-0.15, -0.1) is 0 Å². The van der Waals surface area contributed by atoms with Crippen molar-refractivity contribution in [3.05, 3.63) is 158 Å². The lowest BCUT2D eigenvalue weighted by molar-refractivity contribution is 1.71. The Balaban J connectivity index is 1.21. The molecule has 0 unspecified atom stereocenters. The van der Waals surface area contributed by atoms with E-state index in [1.807, 2.05) is 0 Å². The van der Waals surface area contributed by atoms with Crippen LogP contribution in [0.4, 0.5) is 0 Å². The average molecular weight is 579 g/mol. The van der Waals surface area contributed by atoms with Crippen molar-refractivity contribution in [1.29, 1.82) is 0 Å². The van der Waals surface area contributed by atoms with Gasteiger partial charge in [0.1, 0.15) is 0 Å². The molecular weight excluding hydrogens is 553 g/mol. The Labute approximate surface area is 265 Å². The first-order chi connectivity index (χ1) is 22.8. The van der Waals surface area contributed by atoms with Gasteiger partial charge in [0.05, 0.1) is 0 Å². The van der Waals surface area contributed by atoms with Crippen LogP contribution in [-0.2, 0) is 0 Å². The molecule has 0 saturated heterocycles. The molecule has 11 aromatic rings. The first-order valence-corrected chi connectivity index (χ1v) is 16.1. The summed E-state index contributed by atoms with van der Waals surface area (Å²) in [5.41, 5.74) is 5.19. The topological polar surface area (TPSA) is 0 Å². The Bertz CT molecular complexity index is 2750. The summed E-state index contributed by atoms with van der Waals surface area (Å²) < 4.78 is 0. The molecular formula is C46H26. The molecule has 0 heterocycles. The normalized spacial score (nSPS) is 12.3. The summed E-state index contributed by atoms with van der Waals surface area (Å²) in [4.78, 5) is 0. The summed E-state index contributed by atoms with van der Waals surface area (Å²) in [6.45, 7) is 0. The molecule has 0 aliphatic carbocycles. The van der Waals surface area contributed by atoms with Crippen LogP contribution in [0.2, 0.25) is 0 Å². The second-order valence-corrected chi connectivity index (χ2v) is 12.8. The van der Waals surface area contributed by atoms with Gasteiger partial charge >= 0.3 is 0 Å². The summed E-state index contributed by atoms with van der Waals surface area (Å²) in [7, 11) is 0. The molecule has 0 aliphatic rings. The Morgan fingerprint density at radius 2 is 0.522 bits per heavy atom. The molecule has 210 valence electrons. The second-order valence-electron chi connectivity index (χ2n) is 12.8. The summed E-state index contributed by atoms with van der Waals surface area (Å²) in [5.74, 6) is 0. The lowest BCUT2D eigenvalue weighted by atomic mass is 9.92. The van der Waals surface area contributed by atoms with Crippen molar-refractivity contribution in [2.24, 2.45) is 0 Å². The van der Waals surface area contributed by atoms with Crippen LogP contribution in [-0.4, -0.2) is 0 Å². The van der Waals surface area contributed by atoms with E-state index in [1.165, 1.54) is 108 Å². The Morgan fingerprint density at radius 3 is 1.00 bits per heavy atom. The monoisotopic (exact) mass is 578 g/mol. The van der Waals surface area contributed by atoms with E-state index in [1.54, 1.807) is 0 Å². The molecule has 0 amide bonds. The van der Waals surface area contributed by atoms with E-state index >= 15 is 0 Å². The van der Waals surface area contributed by atoms with Crippen molar-refractivity contribution >= 4 is 86.2 Å². The van der Waals surface area contributed by atoms with Gasteiger partial charge in [0, 0.05) is 0 Å². The van der Waals surface area contributed by atoms with Crippen molar-refractivity contribution in [3.63, 3.8) is 0 Å². The zero-order valence-electron chi connectivity index (χ0n) is 25.0. The lowest BCUT2D eigenvalue weighted by Gasteiger charge is -2.11. The maximum Gasteiger partial charge on any atom is -0.00201 e. The van der Waals surface area contributed by atoms with Gasteiger partial charge in [-0.25, -0.2) is 0 Å². The van der Waals surface area contributed by atoms with E-state index < -0.39 is 0 Å². The van der Waals surface area contributed by atoms with Crippen LogP contribution in [0.25, 0.3) is 108 Å². The molecule has 0 spiro atoms. The second kappa shape index (κ2) is 8.81. The Hall–Kier alpha value is -5.98. The maximum atomic E-state index is 2.48. The van der Waals surface area contributed by atoms with Crippen LogP contribution >= 0.6 is 0 Å². The van der Waals surface area contributed by atoms with E-state index in [-0.39, 0.29) is 0 Å². The van der Waals surface area contributed by atoms with Gasteiger partial charge in [0.25, 0.3) is 0 Å². The van der Waals surface area contributed by atoms with Crippen LogP contribution in [0, 0.1) is 0 Å². The van der Waals surface area contributed by atoms with Crippen molar-refractivity contribution in [2.45, 2.75) is 0 Å². The molecule has 0 bridgehead atoms. The van der Waals surface area contributed by atoms with Gasteiger partial charge in [0.15, 0.2) is 0 Å². The lowest BCUT2D eigenvalue weighted by Crippen LogP contribution is -1.84. The minimum Gasteiger partial charge on any atom is -0.0616 e. The molecule has 0 saturated carbocycles. The van der Waals surface area contributed by atoms with Crippen LogP contribution in [0.5, 0.6) is 0 Å². The fourth-order valence-electron chi connectivity index (χ4n) is 8.59. The standard InChI is InChI=1S/C46H26/c1-3-13-29-27(9-1)11-5-15-31(29)33-21-23-39-43-26-44-40-24-22-34(32-16-6-12-28-10-2-4-14-30(28)32)36-18-8-20-38(46(36)40)42(44)25-41(43)37-19-7-17-35(33)45(37)39/h1-26H. The predicted octanol–water partition coefficient (Wildman–Crippen LogP) is 13.1. The van der Waals surface area contributed by atoms with Crippen molar-refractivity contribution in [2.75, 3.05) is 0 Å². The Morgan fingerprint density at radius 1 is 0.196 bits per heavy atom. The first kappa shape index (κ1) is 24.4. The number of hydrogen-bond donors (Lipinski definition) is 0. The molecule has 0 N–H and O–H groups in total. The third kappa shape index (κ3) is 3.08. The smallest absolute Gasteiger partial charge is 0.00201 e. The van der Waals surface area contributed by atoms with E-state index in [9.17, 15) is 0 Å². The number of fused-ring (bicyclic) bond motifs is 8. The molecule has 0 atom stereocenters. The van der Waals surface area contributed by atoms with E-state index in [4.69, 9.17) is 0 Å². The summed E-state index contributed by atoms with van der Waals surface area (Å²) in [5, 5.41) is 21.3. The minimum atomic E-state index is 1.28. The molecule has 0 heteroatoms. The fraction of sp³-hybridized carbons (Fsp3) is 0. The van der Waals surface area contributed by atoms with E-state index in [0.29, 0.717) is 0 Å². The fourth-order valence-corrected chi connectivity index (χ4v) is 8.59. The maximum absolute atomic E-state index is 2.48. The molecule has 0 fully saturated rings. The van der Waals surface area contributed by atoms with Gasteiger partial charge in [0.2, 0.25) is 0 Å². The van der Waals surface area contributed by atoms with Crippen LogP contribution in [0.1, 0.15) is 0 Å². The molecule has 11 rings (SSSR count). The zero-order chi connectivity index (χ0) is 29.9. The summed E-state index contributed by atoms with van der Waals surface area (Å²) >= 11 is 0. The number of benzene rings is 9. The van der Waals surface area contributed by atoms with Crippen LogP contribution in [0.3, 0.4) is 0 Å². The number of hydrogen-bond acceptors (Lipinski definition) is 0. The van der Waals surface area contributed by atoms with Crippen molar-refractivity contribution < 1.29 is 0 Å². The summed E-state index contributed by atoms with van der Waals surface area (Å²) in [6, 6.07) is 58.9. The highest BCUT2D eigenvalue weighted by Gasteiger charge is 2.20. The molecule has 0 nitrogen and oxygen atoms in total. The highest BCUT2D eigenvalue weighted by Crippen LogP contribution is 2.48. The molecule has 0 radical (unpaired) electrons. The van der Waals surface area contributed by atoms with Gasteiger partial charge in [-0.2, -0.15) is 0 Å². The molecule has 0 aliphatic heterocycles. The Kier molecular flexibility index (Phi) is 4.66. The largest absolute Gasteiger partial charge is 0.0616 e. The van der Waals surface area contributed by atoms with E-state index in [0.717, 1.165) is 0 Å². The zero-order valence-corrected chi connectivity index (χ0v) is 25.0. The SMILES string of the molecule is c1ccc2c(-c3ccc4c5cc6c(cc5c5cccc3c54)c3cccc4c(-c5cccc7ccccc57)ccc6c43)cccc2c1. The van der Waals surface area contributed by atoms with Gasteiger partial charge in [-0.1, -0.05) is 146 Å². The van der Waals surface area contributed by atoms with E-state index in [2.05, 4.69) is 158 Å². The third-order valence-electron chi connectivity index (χ3n) is 10.6. The molecule has 46 heavy (non-hydrogen) atoms. The predicted molar refractivity (Wildman–Crippen MR) is 200 cm³/mol. The highest BCUT2D eigenvalue weighted by atomic mass is 14.2. The highest BCUT2D eigenvalue weighted by molar-refractivity contribution is 6.39. The van der Waals surface area contributed by atoms with Gasteiger partial charge < -0.3 is 0 Å².